The molecule has 1 aliphatic rings. The van der Waals surface area contributed by atoms with Crippen molar-refractivity contribution in [1.82, 2.24) is 25.1 Å². The van der Waals surface area contributed by atoms with Crippen LogP contribution < -0.4 is 16.0 Å². The van der Waals surface area contributed by atoms with Crippen molar-refractivity contribution < 1.29 is 19.1 Å². The summed E-state index contributed by atoms with van der Waals surface area (Å²) in [7, 11) is 0. The average Bonchev–Trinajstić information content (AvgIpc) is 3.34. The molecule has 4 N–H and O–H groups in total. The van der Waals surface area contributed by atoms with Crippen molar-refractivity contribution in [3.8, 4) is 16.9 Å². The van der Waals surface area contributed by atoms with Crippen LogP contribution in [0.3, 0.4) is 0 Å². The first kappa shape index (κ1) is 25.2. The van der Waals surface area contributed by atoms with Gasteiger partial charge in [-0.25, -0.2) is 14.9 Å². The lowest BCUT2D eigenvalue weighted by Crippen LogP contribution is -2.41. The highest BCUT2D eigenvalue weighted by atomic mass is 35.5. The third-order valence-electron chi connectivity index (χ3n) is 6.03. The molecule has 1 atom stereocenters. The minimum absolute atomic E-state index is 0.100. The molecule has 0 spiro atoms. The molecule has 1 saturated heterocycles. The Morgan fingerprint density at radius 1 is 1.31 bits per heavy atom. The second-order valence-corrected chi connectivity index (χ2v) is 9.16. The fraction of sp³-hybridized carbons (Fsp3) is 0.348. The molecule has 2 aromatic heterocycles. The van der Waals surface area contributed by atoms with Crippen LogP contribution in [0.25, 0.3) is 11.1 Å². The zero-order valence-electron chi connectivity index (χ0n) is 18.9. The normalized spacial score (nSPS) is 15.7. The summed E-state index contributed by atoms with van der Waals surface area (Å²) in [5, 5.41) is 13.4. The molecule has 0 radical (unpaired) electrons. The molecule has 9 nitrogen and oxygen atoms in total. The molecular formula is C23H25Cl2FN6O3. The van der Waals surface area contributed by atoms with Crippen molar-refractivity contribution in [2.75, 3.05) is 25.4 Å². The number of nitrogens with one attached hydrogen (secondary N) is 1. The molecule has 1 aromatic carbocycles. The standard InChI is InChI=1S/C23H25Cl2FN6O3/c1-13(21-17(24)2-3-18(26)22(21)25)35-19-8-14(9-28-23(19)27)15-10-29-32(11-15)16-4-6-31(7-5-16)12-20(33)30-34/h2-3,8-11,13,16,34H,4-7,12H2,1H3,(H2,27,28)(H,30,33). The molecule has 12 heteroatoms. The minimum Gasteiger partial charge on any atom is -0.482 e. The highest BCUT2D eigenvalue weighted by Gasteiger charge is 2.23. The van der Waals surface area contributed by atoms with Gasteiger partial charge in [0.2, 0.25) is 0 Å². The molecule has 1 fully saturated rings. The summed E-state index contributed by atoms with van der Waals surface area (Å²) in [5.74, 6) is -0.517. The van der Waals surface area contributed by atoms with E-state index in [1.807, 2.05) is 15.8 Å². The molecule has 3 aromatic rings. The quantitative estimate of drug-likeness (QED) is 0.241. The van der Waals surface area contributed by atoms with Gasteiger partial charge in [-0.2, -0.15) is 5.10 Å². The number of aromatic nitrogens is 3. The van der Waals surface area contributed by atoms with E-state index >= 15 is 0 Å². The maximum Gasteiger partial charge on any atom is 0.257 e. The van der Waals surface area contributed by atoms with Crippen LogP contribution in [0.1, 0.15) is 37.5 Å². The van der Waals surface area contributed by atoms with Crippen molar-refractivity contribution in [1.29, 1.82) is 0 Å². The van der Waals surface area contributed by atoms with Gasteiger partial charge in [0.25, 0.3) is 5.91 Å². The van der Waals surface area contributed by atoms with Gasteiger partial charge in [0.05, 0.1) is 23.8 Å². The number of rotatable bonds is 7. The number of hydrogen-bond donors (Lipinski definition) is 3. The van der Waals surface area contributed by atoms with Crippen LogP contribution >= 0.6 is 23.2 Å². The van der Waals surface area contributed by atoms with E-state index in [0.717, 1.165) is 37.1 Å². The number of nitrogens with two attached hydrogens (primary N) is 1. The SMILES string of the molecule is CC(Oc1cc(-c2cnn(C3CCN(CC(=O)NO)CC3)c2)cnc1N)c1c(Cl)ccc(F)c1Cl. The van der Waals surface area contributed by atoms with Gasteiger partial charge < -0.3 is 10.5 Å². The Bertz CT molecular complexity index is 1220. The number of nitrogens with zero attached hydrogens (tertiary/aromatic N) is 4. The van der Waals surface area contributed by atoms with Crippen LogP contribution in [0.5, 0.6) is 5.75 Å². The van der Waals surface area contributed by atoms with Gasteiger partial charge in [-0.3, -0.25) is 19.6 Å². The number of carbonyl (C=O) groups is 1. The molecular weight excluding hydrogens is 498 g/mol. The van der Waals surface area contributed by atoms with Crippen LogP contribution in [0, 0.1) is 5.82 Å². The maximum absolute atomic E-state index is 13.9. The Hall–Kier alpha value is -2.92. The fourth-order valence-corrected chi connectivity index (χ4v) is 4.82. The number of anilines is 1. The van der Waals surface area contributed by atoms with Crippen LogP contribution in [-0.2, 0) is 4.79 Å². The molecule has 3 heterocycles. The molecule has 0 saturated carbocycles. The lowest BCUT2D eigenvalue weighted by molar-refractivity contribution is -0.130. The maximum atomic E-state index is 13.9. The van der Waals surface area contributed by atoms with Crippen molar-refractivity contribution >= 4 is 34.9 Å². The number of halogens is 3. The zero-order chi connectivity index (χ0) is 25.1. The van der Waals surface area contributed by atoms with Gasteiger partial charge in [0.1, 0.15) is 11.9 Å². The number of carbonyl (C=O) groups excluding carboxylic acids is 1. The molecule has 186 valence electrons. The summed E-state index contributed by atoms with van der Waals surface area (Å²) in [6.07, 6.45) is 6.27. The minimum atomic E-state index is -0.675. The smallest absolute Gasteiger partial charge is 0.257 e. The Balaban J connectivity index is 1.47. The molecule has 1 unspecified atom stereocenters. The van der Waals surface area contributed by atoms with Crippen molar-refractivity contribution in [2.45, 2.75) is 31.9 Å². The van der Waals surface area contributed by atoms with Crippen LogP contribution in [0.2, 0.25) is 10.0 Å². The van der Waals surface area contributed by atoms with E-state index < -0.39 is 17.8 Å². The predicted octanol–water partition coefficient (Wildman–Crippen LogP) is 4.26. The number of ether oxygens (including phenoxy) is 1. The van der Waals surface area contributed by atoms with Gasteiger partial charge in [0.15, 0.2) is 11.6 Å². The van der Waals surface area contributed by atoms with Gasteiger partial charge in [-0.15, -0.1) is 0 Å². The summed E-state index contributed by atoms with van der Waals surface area (Å²) in [6.45, 7) is 3.31. The largest absolute Gasteiger partial charge is 0.482 e. The molecule has 0 aliphatic carbocycles. The van der Waals surface area contributed by atoms with Crippen LogP contribution in [0.4, 0.5) is 10.2 Å². The molecule has 4 rings (SSSR count). The Labute approximate surface area is 211 Å². The van der Waals surface area contributed by atoms with E-state index in [1.54, 1.807) is 30.9 Å². The summed E-state index contributed by atoms with van der Waals surface area (Å²) in [6, 6.07) is 4.56. The topological polar surface area (TPSA) is 119 Å². The van der Waals surface area contributed by atoms with E-state index in [4.69, 9.17) is 38.9 Å². The number of benzene rings is 1. The van der Waals surface area contributed by atoms with Gasteiger partial charge >= 0.3 is 0 Å². The molecule has 1 aliphatic heterocycles. The summed E-state index contributed by atoms with van der Waals surface area (Å²) in [4.78, 5) is 17.6. The number of likely N-dealkylation sites (tertiary alicyclic amines) is 1. The summed E-state index contributed by atoms with van der Waals surface area (Å²) < 4.78 is 21.8. The van der Waals surface area contributed by atoms with Gasteiger partial charge in [-0.05, 0) is 38.0 Å². The number of hydroxylamine groups is 1. The van der Waals surface area contributed by atoms with Gasteiger partial charge in [0, 0.05) is 47.2 Å². The monoisotopic (exact) mass is 522 g/mol. The van der Waals surface area contributed by atoms with E-state index in [9.17, 15) is 9.18 Å². The third-order valence-corrected chi connectivity index (χ3v) is 6.74. The number of amides is 1. The highest BCUT2D eigenvalue weighted by molar-refractivity contribution is 6.36. The number of pyridine rings is 1. The second-order valence-electron chi connectivity index (χ2n) is 8.38. The Morgan fingerprint density at radius 2 is 2.06 bits per heavy atom. The number of hydrogen-bond acceptors (Lipinski definition) is 7. The zero-order valence-corrected chi connectivity index (χ0v) is 20.4. The fourth-order valence-electron chi connectivity index (χ4n) is 4.14. The Morgan fingerprint density at radius 3 is 2.77 bits per heavy atom. The number of piperidine rings is 1. The molecule has 0 bridgehead atoms. The first-order valence-electron chi connectivity index (χ1n) is 11.0. The van der Waals surface area contributed by atoms with E-state index in [2.05, 4.69) is 10.1 Å². The van der Waals surface area contributed by atoms with E-state index in [1.165, 1.54) is 12.1 Å². The number of nitrogen functional groups attached to an aromatic ring is 1. The van der Waals surface area contributed by atoms with Crippen molar-refractivity contribution in [2.24, 2.45) is 0 Å². The van der Waals surface area contributed by atoms with Crippen molar-refractivity contribution in [3.63, 3.8) is 0 Å². The molecule has 1 amide bonds. The molecule has 35 heavy (non-hydrogen) atoms. The summed E-state index contributed by atoms with van der Waals surface area (Å²) in [5.41, 5.74) is 9.61. The van der Waals surface area contributed by atoms with Crippen LogP contribution in [0.15, 0.2) is 36.8 Å². The van der Waals surface area contributed by atoms with Gasteiger partial charge in [-0.1, -0.05) is 23.2 Å². The lowest BCUT2D eigenvalue weighted by atomic mass is 10.1. The van der Waals surface area contributed by atoms with E-state index in [0.29, 0.717) is 11.3 Å². The second kappa shape index (κ2) is 10.8. The third kappa shape index (κ3) is 5.67. The predicted molar refractivity (Wildman–Crippen MR) is 130 cm³/mol. The first-order valence-corrected chi connectivity index (χ1v) is 11.8. The Kier molecular flexibility index (Phi) is 7.75. The van der Waals surface area contributed by atoms with E-state index in [-0.39, 0.29) is 28.4 Å². The average molecular weight is 523 g/mol. The first-order chi connectivity index (χ1) is 16.8. The van der Waals surface area contributed by atoms with Crippen LogP contribution in [-0.4, -0.2) is 50.4 Å². The highest BCUT2D eigenvalue weighted by Crippen LogP contribution is 2.37. The van der Waals surface area contributed by atoms with Crippen molar-refractivity contribution in [3.05, 3.63) is 58.2 Å². The summed E-state index contributed by atoms with van der Waals surface area (Å²) >= 11 is 12.3. The lowest BCUT2D eigenvalue weighted by Gasteiger charge is -2.31.